The van der Waals surface area contributed by atoms with Gasteiger partial charge in [0.05, 0.1) is 0 Å². The Balaban J connectivity index is 0.000000364. The van der Waals surface area contributed by atoms with Gasteiger partial charge < -0.3 is 0 Å². The minimum atomic E-state index is 0. The van der Waals surface area contributed by atoms with Crippen LogP contribution in [0, 0.1) is 119 Å². The van der Waals surface area contributed by atoms with Crippen LogP contribution in [0.25, 0.3) is 0 Å². The van der Waals surface area contributed by atoms with Crippen molar-refractivity contribution in [3.8, 4) is 0 Å². The van der Waals surface area contributed by atoms with Gasteiger partial charge in [0.1, 0.15) is 0 Å². The van der Waals surface area contributed by atoms with Crippen LogP contribution in [0.3, 0.4) is 0 Å². The van der Waals surface area contributed by atoms with Gasteiger partial charge in [-0.05, 0) is 0 Å². The maximum Gasteiger partial charge on any atom is 2.00 e. The van der Waals surface area contributed by atoms with Crippen LogP contribution in [0.2, 0.25) is 0 Å². The number of hydrogen-bond acceptors (Lipinski definition) is 0. The maximum atomic E-state index is 2.20. The van der Waals surface area contributed by atoms with Crippen molar-refractivity contribution in [2.24, 2.45) is 0 Å². The normalized spacial score (nSPS) is 10.0. The third kappa shape index (κ3) is 4.18. The first-order chi connectivity index (χ1) is 9.11. The van der Waals surface area contributed by atoms with Crippen molar-refractivity contribution in [1.29, 1.82) is 0 Å². The van der Waals surface area contributed by atoms with E-state index in [0.29, 0.717) is 0 Å². The molecule has 1 heteroatoms. The Hall–Kier alpha value is 0.284. The molecule has 0 saturated heterocycles. The van der Waals surface area contributed by atoms with E-state index in [-0.39, 0.29) is 49.4 Å². The summed E-state index contributed by atoms with van der Waals surface area (Å²) >= 11 is 0. The summed E-state index contributed by atoms with van der Waals surface area (Å²) in [6.45, 7) is 22.0. The SMILES string of the molecule is Cc1c(C)c(C)[c-](C)c1C.Cc1c(C)c(C)[c-](C)c1C.[Eu+2]. The Kier molecular flexibility index (Phi) is 8.34. The number of rotatable bonds is 0. The fourth-order valence-corrected chi connectivity index (χ4v) is 2.81. The van der Waals surface area contributed by atoms with Gasteiger partial charge in [0, 0.05) is 0 Å². The van der Waals surface area contributed by atoms with E-state index in [1.807, 2.05) is 0 Å². The third-order valence-electron chi connectivity index (χ3n) is 5.62. The van der Waals surface area contributed by atoms with E-state index in [9.17, 15) is 0 Å². The molecule has 0 fully saturated rings. The van der Waals surface area contributed by atoms with Gasteiger partial charge in [0.25, 0.3) is 0 Å². The van der Waals surface area contributed by atoms with E-state index in [1.165, 1.54) is 55.6 Å². The van der Waals surface area contributed by atoms with Crippen molar-refractivity contribution >= 4 is 0 Å². The van der Waals surface area contributed by atoms with Crippen molar-refractivity contribution in [2.75, 3.05) is 0 Å². The molecule has 0 spiro atoms. The molecule has 117 valence electrons. The molecule has 0 unspecified atom stereocenters. The zero-order valence-electron chi connectivity index (χ0n) is 15.4. The second-order valence-corrected chi connectivity index (χ2v) is 6.25. The summed E-state index contributed by atoms with van der Waals surface area (Å²) in [5.74, 6) is 0. The zero-order valence-corrected chi connectivity index (χ0v) is 17.8. The van der Waals surface area contributed by atoms with Gasteiger partial charge in [-0.3, -0.25) is 0 Å². The average Bonchev–Trinajstić information content (AvgIpc) is 2.71. The molecule has 0 amide bonds. The summed E-state index contributed by atoms with van der Waals surface area (Å²) in [5, 5.41) is 0. The molecule has 0 aliphatic rings. The van der Waals surface area contributed by atoms with Crippen LogP contribution in [0.4, 0.5) is 0 Å². The minimum absolute atomic E-state index is 0. The molecular formula is C20H30Eu. The van der Waals surface area contributed by atoms with E-state index in [0.717, 1.165) is 0 Å². The maximum absolute atomic E-state index is 2.20. The Morgan fingerprint density at radius 2 is 0.571 bits per heavy atom. The summed E-state index contributed by atoms with van der Waals surface area (Å²) in [4.78, 5) is 0. The largest absolute Gasteiger partial charge is 2.00 e. The Morgan fingerprint density at radius 3 is 0.619 bits per heavy atom. The predicted octanol–water partition coefficient (Wildman–Crippen LogP) is 5.90. The number of hydrogen-bond donors (Lipinski definition) is 0. The average molecular weight is 422 g/mol. The molecule has 0 bridgehead atoms. The standard InChI is InChI=1S/2C10H15.Eu/c2*1-6-7(2)9(4)10(5)8(6)3;/h2*1-5H3;/q2*-1;+2. The van der Waals surface area contributed by atoms with E-state index in [1.54, 1.807) is 0 Å². The summed E-state index contributed by atoms with van der Waals surface area (Å²) in [5.41, 5.74) is 14.7. The first-order valence-electron chi connectivity index (χ1n) is 7.50. The van der Waals surface area contributed by atoms with Crippen molar-refractivity contribution in [2.45, 2.75) is 69.2 Å². The van der Waals surface area contributed by atoms with Gasteiger partial charge in [0.2, 0.25) is 0 Å². The van der Waals surface area contributed by atoms with Crippen LogP contribution < -0.4 is 0 Å². The van der Waals surface area contributed by atoms with Crippen molar-refractivity contribution in [3.63, 3.8) is 0 Å². The Morgan fingerprint density at radius 1 is 0.429 bits per heavy atom. The second kappa shape index (κ2) is 8.23. The first-order valence-corrected chi connectivity index (χ1v) is 7.50. The molecule has 0 atom stereocenters. The van der Waals surface area contributed by atoms with Crippen LogP contribution in [0.15, 0.2) is 0 Å². The molecule has 0 aliphatic carbocycles. The molecule has 0 nitrogen and oxygen atoms in total. The van der Waals surface area contributed by atoms with Crippen LogP contribution in [0.5, 0.6) is 0 Å². The van der Waals surface area contributed by atoms with E-state index in [4.69, 9.17) is 0 Å². The molecule has 1 radical (unpaired) electrons. The van der Waals surface area contributed by atoms with Crippen LogP contribution in [-0.4, -0.2) is 0 Å². The van der Waals surface area contributed by atoms with E-state index in [2.05, 4.69) is 69.2 Å². The van der Waals surface area contributed by atoms with Crippen molar-refractivity contribution in [1.82, 2.24) is 0 Å². The quantitative estimate of drug-likeness (QED) is 0.464. The van der Waals surface area contributed by atoms with Crippen LogP contribution in [0.1, 0.15) is 55.6 Å². The monoisotopic (exact) mass is 423 g/mol. The fraction of sp³-hybridized carbons (Fsp3) is 0.500. The first kappa shape index (κ1) is 21.3. The smallest absolute Gasteiger partial charge is 0.196 e. The molecule has 2 aromatic rings. The summed E-state index contributed by atoms with van der Waals surface area (Å²) in [7, 11) is 0. The second-order valence-electron chi connectivity index (χ2n) is 6.25. The van der Waals surface area contributed by atoms with Crippen LogP contribution in [-0.2, 0) is 0 Å². The molecule has 0 N–H and O–H groups in total. The zero-order chi connectivity index (χ0) is 15.8. The topological polar surface area (TPSA) is 0 Å². The van der Waals surface area contributed by atoms with Gasteiger partial charge >= 0.3 is 49.4 Å². The molecule has 0 aromatic heterocycles. The van der Waals surface area contributed by atoms with E-state index < -0.39 is 0 Å². The Bertz CT molecular complexity index is 404. The molecule has 0 saturated carbocycles. The predicted molar refractivity (Wildman–Crippen MR) is 91.4 cm³/mol. The molecule has 21 heavy (non-hydrogen) atoms. The molecule has 2 aromatic carbocycles. The van der Waals surface area contributed by atoms with E-state index >= 15 is 0 Å². The van der Waals surface area contributed by atoms with Gasteiger partial charge in [0.15, 0.2) is 0 Å². The molecule has 0 heterocycles. The summed E-state index contributed by atoms with van der Waals surface area (Å²) in [6.07, 6.45) is 0. The molecule has 2 rings (SSSR count). The van der Waals surface area contributed by atoms with Gasteiger partial charge in [-0.2, -0.15) is 55.6 Å². The Labute approximate surface area is 172 Å². The van der Waals surface area contributed by atoms with Crippen molar-refractivity contribution < 1.29 is 49.4 Å². The van der Waals surface area contributed by atoms with Gasteiger partial charge in [-0.1, -0.05) is 69.2 Å². The van der Waals surface area contributed by atoms with Gasteiger partial charge in [-0.15, -0.1) is 0 Å². The molecular weight excluding hydrogens is 392 g/mol. The third-order valence-corrected chi connectivity index (χ3v) is 5.62. The summed E-state index contributed by atoms with van der Waals surface area (Å²) < 4.78 is 0. The summed E-state index contributed by atoms with van der Waals surface area (Å²) in [6, 6.07) is 0. The van der Waals surface area contributed by atoms with Crippen LogP contribution >= 0.6 is 0 Å². The van der Waals surface area contributed by atoms with Crippen molar-refractivity contribution in [3.05, 3.63) is 55.6 Å². The fourth-order valence-electron chi connectivity index (χ4n) is 2.81. The molecule has 0 aliphatic heterocycles. The minimum Gasteiger partial charge on any atom is -0.196 e. The van der Waals surface area contributed by atoms with Gasteiger partial charge in [-0.25, -0.2) is 0 Å².